The van der Waals surface area contributed by atoms with Gasteiger partial charge in [0, 0.05) is 55.6 Å². The molecule has 6 rings (SSSR count). The van der Waals surface area contributed by atoms with E-state index in [2.05, 4.69) is 95.3 Å². The Labute approximate surface area is 355 Å². The van der Waals surface area contributed by atoms with Gasteiger partial charge < -0.3 is 47.4 Å². The van der Waals surface area contributed by atoms with Crippen LogP contribution in [-0.2, 0) is 89.8 Å². The van der Waals surface area contributed by atoms with Crippen molar-refractivity contribution < 1.29 is 47.4 Å². The Bertz CT molecular complexity index is 1770. The highest BCUT2D eigenvalue weighted by Gasteiger charge is 2.19. The summed E-state index contributed by atoms with van der Waals surface area (Å²) in [5.74, 6) is 3.71. The van der Waals surface area contributed by atoms with Gasteiger partial charge in [0.25, 0.3) is 0 Å². The molecule has 0 unspecified atom stereocenters. The minimum Gasteiger partial charge on any atom is -0.496 e. The number of ether oxygens (including phenoxy) is 10. The van der Waals surface area contributed by atoms with Crippen molar-refractivity contribution in [2.24, 2.45) is 0 Å². The molecule has 5 aromatic rings. The molecule has 10 heteroatoms. The van der Waals surface area contributed by atoms with Crippen molar-refractivity contribution in [1.82, 2.24) is 0 Å². The molecule has 0 N–H and O–H groups in total. The van der Waals surface area contributed by atoms with Gasteiger partial charge in [0.2, 0.25) is 0 Å². The van der Waals surface area contributed by atoms with Gasteiger partial charge in [0.1, 0.15) is 28.7 Å². The highest BCUT2D eigenvalue weighted by atomic mass is 16.5. The van der Waals surface area contributed by atoms with Crippen LogP contribution in [0, 0.1) is 34.6 Å². The average Bonchev–Trinajstić information content (AvgIpc) is 3.20. The molecular weight excluding hydrogens is 761 g/mol. The SMILES string of the molecule is COc1c2cc(C)cc1COCc1cc(C)cc(c1OC)COCc1cc(C)cc(c1OC)COCc1cc(C)cc(c1OC)COCc1cc(C)cc(c1OC)COC2. The van der Waals surface area contributed by atoms with Crippen LogP contribution in [0.15, 0.2) is 60.7 Å². The Kier molecular flexibility index (Phi) is 15.5. The second kappa shape index (κ2) is 20.9. The lowest BCUT2D eigenvalue weighted by Crippen LogP contribution is -2.07. The first-order chi connectivity index (χ1) is 29.0. The molecule has 1 aliphatic rings. The van der Waals surface area contributed by atoms with Crippen LogP contribution >= 0.6 is 0 Å². The summed E-state index contributed by atoms with van der Waals surface area (Å²) in [5.41, 5.74) is 14.8. The summed E-state index contributed by atoms with van der Waals surface area (Å²) in [6.45, 7) is 13.7. The zero-order valence-electron chi connectivity index (χ0n) is 36.9. The lowest BCUT2D eigenvalue weighted by atomic mass is 10.0. The molecule has 0 spiro atoms. The van der Waals surface area contributed by atoms with Gasteiger partial charge in [-0.15, -0.1) is 0 Å². The van der Waals surface area contributed by atoms with E-state index in [4.69, 9.17) is 47.4 Å². The van der Waals surface area contributed by atoms with Gasteiger partial charge >= 0.3 is 0 Å². The van der Waals surface area contributed by atoms with Crippen molar-refractivity contribution >= 4 is 0 Å². The van der Waals surface area contributed by atoms with Gasteiger partial charge in [-0.25, -0.2) is 0 Å². The molecule has 0 saturated heterocycles. The summed E-state index contributed by atoms with van der Waals surface area (Å²) >= 11 is 0. The molecule has 0 aliphatic carbocycles. The van der Waals surface area contributed by atoms with Crippen LogP contribution in [0.3, 0.4) is 0 Å². The molecule has 5 aromatic carbocycles. The smallest absolute Gasteiger partial charge is 0.129 e. The summed E-state index contributed by atoms with van der Waals surface area (Å²) < 4.78 is 61.7. The molecule has 60 heavy (non-hydrogen) atoms. The van der Waals surface area contributed by atoms with Crippen LogP contribution in [0.4, 0.5) is 0 Å². The van der Waals surface area contributed by atoms with Crippen molar-refractivity contribution in [2.75, 3.05) is 35.5 Å². The Morgan fingerprint density at radius 1 is 0.250 bits per heavy atom. The fourth-order valence-corrected chi connectivity index (χ4v) is 8.38. The molecule has 320 valence electrons. The third kappa shape index (κ3) is 10.8. The number of rotatable bonds is 5. The summed E-state index contributed by atoms with van der Waals surface area (Å²) in [5, 5.41) is 0. The topological polar surface area (TPSA) is 92.3 Å². The highest BCUT2D eigenvalue weighted by Crippen LogP contribution is 2.35. The summed E-state index contributed by atoms with van der Waals surface area (Å²) in [6, 6.07) is 21.0. The maximum absolute atomic E-state index is 6.38. The van der Waals surface area contributed by atoms with Crippen molar-refractivity contribution in [2.45, 2.75) is 101 Å². The maximum Gasteiger partial charge on any atom is 0.129 e. The quantitative estimate of drug-likeness (QED) is 0.171. The predicted octanol–water partition coefficient (Wildman–Crippen LogP) is 10.2. The van der Waals surface area contributed by atoms with Crippen molar-refractivity contribution in [3.63, 3.8) is 0 Å². The predicted molar refractivity (Wildman–Crippen MR) is 231 cm³/mol. The minimum absolute atomic E-state index is 0.338. The van der Waals surface area contributed by atoms with Gasteiger partial charge in [-0.05, 0) is 34.6 Å². The number of hydrogen-bond acceptors (Lipinski definition) is 10. The average molecular weight is 821 g/mol. The van der Waals surface area contributed by atoms with E-state index in [1.165, 1.54) is 0 Å². The van der Waals surface area contributed by atoms with Gasteiger partial charge in [-0.1, -0.05) is 88.5 Å². The zero-order chi connectivity index (χ0) is 42.8. The second-order valence-electron chi connectivity index (χ2n) is 15.5. The monoisotopic (exact) mass is 820 g/mol. The van der Waals surface area contributed by atoms with Crippen LogP contribution in [0.1, 0.15) is 83.5 Å². The standard InChI is InChI=1S/C50H60O10/c1-31-11-36-21-56-23-38-13-32(2)15-40(47(38)52-7)25-58-27-42-17-34(4)19-44(49(42)54-9)29-60-30-45-20-35(5)18-43(50(45)55-10)28-59-26-41-16-33(3)14-39(48(41)53-8)24-57-22-37(12-31)46(36)51-6/h11-20H,21-30H2,1-10H3. The summed E-state index contributed by atoms with van der Waals surface area (Å²) in [4.78, 5) is 0. The van der Waals surface area contributed by atoms with E-state index in [0.29, 0.717) is 66.1 Å². The first kappa shape index (κ1) is 44.5. The van der Waals surface area contributed by atoms with Gasteiger partial charge in [-0.2, -0.15) is 0 Å². The molecule has 0 saturated carbocycles. The van der Waals surface area contributed by atoms with E-state index in [1.54, 1.807) is 35.5 Å². The Morgan fingerprint density at radius 3 is 0.467 bits per heavy atom. The number of fused-ring (bicyclic) bond motifs is 10. The van der Waals surface area contributed by atoms with E-state index in [0.717, 1.165) is 112 Å². The van der Waals surface area contributed by atoms with Gasteiger partial charge in [0.05, 0.1) is 102 Å². The minimum atomic E-state index is 0.338. The van der Waals surface area contributed by atoms with E-state index in [-0.39, 0.29) is 0 Å². The molecule has 10 nitrogen and oxygen atoms in total. The van der Waals surface area contributed by atoms with Crippen molar-refractivity contribution in [3.05, 3.63) is 144 Å². The fraction of sp³-hybridized carbons (Fsp3) is 0.400. The molecule has 0 radical (unpaired) electrons. The number of aryl methyl sites for hydroxylation is 5. The normalized spacial score (nSPS) is 14.5. The highest BCUT2D eigenvalue weighted by molar-refractivity contribution is 5.48. The number of methoxy groups -OCH3 is 5. The van der Waals surface area contributed by atoms with Crippen LogP contribution < -0.4 is 23.7 Å². The zero-order valence-corrected chi connectivity index (χ0v) is 36.9. The van der Waals surface area contributed by atoms with E-state index in [9.17, 15) is 0 Å². The molecule has 0 aromatic heterocycles. The maximum atomic E-state index is 6.38. The Hall–Kier alpha value is -5.10. The van der Waals surface area contributed by atoms with Gasteiger partial charge in [-0.3, -0.25) is 0 Å². The molecule has 0 atom stereocenters. The number of benzene rings is 5. The first-order valence-electron chi connectivity index (χ1n) is 20.3. The van der Waals surface area contributed by atoms with Crippen molar-refractivity contribution in [3.8, 4) is 28.7 Å². The molecular formula is C50H60O10. The lowest BCUT2D eigenvalue weighted by Gasteiger charge is -2.19. The fourth-order valence-electron chi connectivity index (χ4n) is 8.38. The number of hydrogen-bond donors (Lipinski definition) is 0. The third-order valence-corrected chi connectivity index (χ3v) is 10.5. The van der Waals surface area contributed by atoms with Crippen molar-refractivity contribution in [1.29, 1.82) is 0 Å². The van der Waals surface area contributed by atoms with Crippen LogP contribution in [0.5, 0.6) is 28.7 Å². The van der Waals surface area contributed by atoms with Gasteiger partial charge in [0.15, 0.2) is 0 Å². The molecule has 1 heterocycles. The lowest BCUT2D eigenvalue weighted by molar-refractivity contribution is 0.0927. The van der Waals surface area contributed by atoms with Crippen LogP contribution in [0.25, 0.3) is 0 Å². The van der Waals surface area contributed by atoms with E-state index < -0.39 is 0 Å². The first-order valence-corrected chi connectivity index (χ1v) is 20.3. The van der Waals surface area contributed by atoms with E-state index >= 15 is 0 Å². The Balaban J connectivity index is 1.34. The molecule has 0 fully saturated rings. The summed E-state index contributed by atoms with van der Waals surface area (Å²) in [7, 11) is 8.42. The largest absolute Gasteiger partial charge is 0.496 e. The van der Waals surface area contributed by atoms with Crippen LogP contribution in [0.2, 0.25) is 0 Å². The summed E-state index contributed by atoms with van der Waals surface area (Å²) in [6.07, 6.45) is 0. The molecule has 0 amide bonds. The molecule has 1 aliphatic heterocycles. The Morgan fingerprint density at radius 2 is 0.367 bits per heavy atom. The second-order valence-corrected chi connectivity index (χ2v) is 15.5. The van der Waals surface area contributed by atoms with E-state index in [1.807, 2.05) is 0 Å². The molecule has 10 bridgehead atoms. The van der Waals surface area contributed by atoms with Crippen LogP contribution in [-0.4, -0.2) is 35.5 Å². The third-order valence-electron chi connectivity index (χ3n) is 10.5.